The van der Waals surface area contributed by atoms with Crippen LogP contribution in [0.1, 0.15) is 33.3 Å². The van der Waals surface area contributed by atoms with Crippen molar-refractivity contribution in [2.45, 2.75) is 51.6 Å². The third-order valence-electron chi connectivity index (χ3n) is 2.95. The van der Waals surface area contributed by atoms with Gasteiger partial charge in [0.15, 0.2) is 0 Å². The number of anilines is 1. The Bertz CT molecular complexity index is 436. The van der Waals surface area contributed by atoms with E-state index in [-0.39, 0.29) is 18.0 Å². The molecule has 0 aliphatic heterocycles. The van der Waals surface area contributed by atoms with Gasteiger partial charge in [-0.15, -0.1) is 11.8 Å². The first-order valence-corrected chi connectivity index (χ1v) is 7.61. The highest BCUT2D eigenvalue weighted by atomic mass is 32.2. The smallest absolute Gasteiger partial charge is 0.233 e. The van der Waals surface area contributed by atoms with E-state index in [9.17, 15) is 4.79 Å². The highest BCUT2D eigenvalue weighted by Crippen LogP contribution is 2.24. The van der Waals surface area contributed by atoms with E-state index in [0.29, 0.717) is 5.75 Å². The molecular formula is C15H24N2OS. The van der Waals surface area contributed by atoms with Gasteiger partial charge in [0.2, 0.25) is 5.91 Å². The van der Waals surface area contributed by atoms with Gasteiger partial charge in [-0.25, -0.2) is 0 Å². The number of aryl methyl sites for hydroxylation is 1. The van der Waals surface area contributed by atoms with E-state index in [0.717, 1.165) is 16.1 Å². The number of hydrogen-bond acceptors (Lipinski definition) is 3. The van der Waals surface area contributed by atoms with Crippen LogP contribution in [0.5, 0.6) is 0 Å². The number of benzene rings is 1. The number of hydrogen-bond donors (Lipinski definition) is 1. The van der Waals surface area contributed by atoms with E-state index in [4.69, 9.17) is 5.73 Å². The van der Waals surface area contributed by atoms with E-state index in [1.807, 2.05) is 30.0 Å². The highest BCUT2D eigenvalue weighted by Gasteiger charge is 2.20. The Morgan fingerprint density at radius 1 is 1.26 bits per heavy atom. The van der Waals surface area contributed by atoms with Crippen molar-refractivity contribution in [2.24, 2.45) is 0 Å². The first-order chi connectivity index (χ1) is 8.82. The molecule has 0 unspecified atom stereocenters. The maximum atomic E-state index is 12.3. The molecule has 0 saturated heterocycles. The van der Waals surface area contributed by atoms with Crippen molar-refractivity contribution in [3.05, 3.63) is 23.8 Å². The molecule has 2 N–H and O–H groups in total. The van der Waals surface area contributed by atoms with Crippen LogP contribution >= 0.6 is 11.8 Å². The number of nitrogens with two attached hydrogens (primary N) is 1. The molecule has 0 heterocycles. The van der Waals surface area contributed by atoms with Gasteiger partial charge in [0, 0.05) is 22.7 Å². The van der Waals surface area contributed by atoms with Crippen LogP contribution in [0.15, 0.2) is 23.1 Å². The molecule has 0 aliphatic rings. The second-order valence-electron chi connectivity index (χ2n) is 5.30. The summed E-state index contributed by atoms with van der Waals surface area (Å²) in [6.45, 7) is 10.2. The van der Waals surface area contributed by atoms with Gasteiger partial charge in [-0.1, -0.05) is 0 Å². The van der Waals surface area contributed by atoms with Gasteiger partial charge in [0.25, 0.3) is 0 Å². The van der Waals surface area contributed by atoms with E-state index in [2.05, 4.69) is 27.7 Å². The monoisotopic (exact) mass is 280 g/mol. The van der Waals surface area contributed by atoms with Gasteiger partial charge in [-0.2, -0.15) is 0 Å². The predicted molar refractivity (Wildman–Crippen MR) is 83.4 cm³/mol. The number of rotatable bonds is 5. The number of carbonyl (C=O) groups is 1. The maximum absolute atomic E-state index is 12.3. The van der Waals surface area contributed by atoms with Gasteiger partial charge in [-0.05, 0) is 58.4 Å². The van der Waals surface area contributed by atoms with Crippen LogP contribution in [-0.2, 0) is 4.79 Å². The molecule has 1 rings (SSSR count). The zero-order valence-corrected chi connectivity index (χ0v) is 13.3. The quantitative estimate of drug-likeness (QED) is 0.665. The molecule has 0 atom stereocenters. The molecule has 0 bridgehead atoms. The van der Waals surface area contributed by atoms with Crippen LogP contribution in [0.2, 0.25) is 0 Å². The number of thioether (sulfide) groups is 1. The molecule has 0 aromatic heterocycles. The lowest BCUT2D eigenvalue weighted by Gasteiger charge is -2.30. The molecule has 0 aliphatic carbocycles. The van der Waals surface area contributed by atoms with Crippen molar-refractivity contribution < 1.29 is 4.79 Å². The largest absolute Gasteiger partial charge is 0.399 e. The molecule has 19 heavy (non-hydrogen) atoms. The lowest BCUT2D eigenvalue weighted by Crippen LogP contribution is -2.43. The molecule has 106 valence electrons. The van der Waals surface area contributed by atoms with Crippen molar-refractivity contribution in [3.63, 3.8) is 0 Å². The van der Waals surface area contributed by atoms with Crippen LogP contribution in [-0.4, -0.2) is 28.6 Å². The molecule has 1 aromatic rings. The predicted octanol–water partition coefficient (Wildman–Crippen LogP) is 3.31. The number of carbonyl (C=O) groups excluding carboxylic acids is 1. The lowest BCUT2D eigenvalue weighted by molar-refractivity contribution is -0.131. The summed E-state index contributed by atoms with van der Waals surface area (Å²) < 4.78 is 0. The minimum Gasteiger partial charge on any atom is -0.399 e. The standard InChI is InChI=1S/C15H24N2OS/c1-10(2)17(11(3)4)15(18)9-19-14-7-6-13(16)8-12(14)5/h6-8,10-11H,9,16H2,1-5H3. The van der Waals surface area contributed by atoms with Gasteiger partial charge < -0.3 is 10.6 Å². The second kappa shape index (κ2) is 6.85. The minimum atomic E-state index is 0.186. The highest BCUT2D eigenvalue weighted by molar-refractivity contribution is 8.00. The Balaban J connectivity index is 2.67. The summed E-state index contributed by atoms with van der Waals surface area (Å²) in [6.07, 6.45) is 0. The van der Waals surface area contributed by atoms with Gasteiger partial charge in [0.1, 0.15) is 0 Å². The fraction of sp³-hybridized carbons (Fsp3) is 0.533. The second-order valence-corrected chi connectivity index (χ2v) is 6.32. The first kappa shape index (κ1) is 15.9. The summed E-state index contributed by atoms with van der Waals surface area (Å²) in [5.41, 5.74) is 7.61. The molecule has 0 saturated carbocycles. The van der Waals surface area contributed by atoms with Crippen molar-refractivity contribution >= 4 is 23.4 Å². The summed E-state index contributed by atoms with van der Waals surface area (Å²) >= 11 is 1.58. The summed E-state index contributed by atoms with van der Waals surface area (Å²) in [6, 6.07) is 6.27. The Morgan fingerprint density at radius 2 is 1.84 bits per heavy atom. The van der Waals surface area contributed by atoms with Crippen LogP contribution in [0.25, 0.3) is 0 Å². The zero-order chi connectivity index (χ0) is 14.6. The average Bonchev–Trinajstić information content (AvgIpc) is 2.26. The van der Waals surface area contributed by atoms with Gasteiger partial charge >= 0.3 is 0 Å². The fourth-order valence-electron chi connectivity index (χ4n) is 2.22. The SMILES string of the molecule is Cc1cc(N)ccc1SCC(=O)N(C(C)C)C(C)C. The molecule has 0 spiro atoms. The average molecular weight is 280 g/mol. The molecule has 4 heteroatoms. The van der Waals surface area contributed by atoms with Crippen molar-refractivity contribution in [2.75, 3.05) is 11.5 Å². The fourth-order valence-corrected chi connectivity index (χ4v) is 3.10. The minimum absolute atomic E-state index is 0.186. The summed E-state index contributed by atoms with van der Waals surface area (Å²) in [5, 5.41) is 0. The number of amides is 1. The van der Waals surface area contributed by atoms with Crippen LogP contribution in [0.3, 0.4) is 0 Å². The first-order valence-electron chi connectivity index (χ1n) is 6.63. The Morgan fingerprint density at radius 3 is 2.32 bits per heavy atom. The Hall–Kier alpha value is -1.16. The van der Waals surface area contributed by atoms with E-state index in [1.54, 1.807) is 11.8 Å². The van der Waals surface area contributed by atoms with E-state index < -0.39 is 0 Å². The molecule has 0 fully saturated rings. The zero-order valence-electron chi connectivity index (χ0n) is 12.4. The number of nitrogen functional groups attached to an aromatic ring is 1. The molecule has 1 aromatic carbocycles. The lowest BCUT2D eigenvalue weighted by atomic mass is 10.2. The Labute approximate surface area is 120 Å². The van der Waals surface area contributed by atoms with E-state index in [1.165, 1.54) is 0 Å². The van der Waals surface area contributed by atoms with Gasteiger partial charge in [0.05, 0.1) is 5.75 Å². The topological polar surface area (TPSA) is 46.3 Å². The van der Waals surface area contributed by atoms with Crippen LogP contribution in [0.4, 0.5) is 5.69 Å². The molecule has 1 amide bonds. The summed E-state index contributed by atoms with van der Waals surface area (Å²) in [7, 11) is 0. The van der Waals surface area contributed by atoms with Gasteiger partial charge in [-0.3, -0.25) is 4.79 Å². The van der Waals surface area contributed by atoms with Crippen molar-refractivity contribution in [1.29, 1.82) is 0 Å². The summed E-state index contributed by atoms with van der Waals surface area (Å²) in [4.78, 5) is 15.3. The van der Waals surface area contributed by atoms with Crippen LogP contribution < -0.4 is 5.73 Å². The molecule has 3 nitrogen and oxygen atoms in total. The van der Waals surface area contributed by atoms with E-state index >= 15 is 0 Å². The maximum Gasteiger partial charge on any atom is 0.233 e. The van der Waals surface area contributed by atoms with Crippen molar-refractivity contribution in [1.82, 2.24) is 4.90 Å². The third-order valence-corrected chi connectivity index (χ3v) is 4.11. The third kappa shape index (κ3) is 4.46. The molecule has 0 radical (unpaired) electrons. The van der Waals surface area contributed by atoms with Crippen molar-refractivity contribution in [3.8, 4) is 0 Å². The Kier molecular flexibility index (Phi) is 5.73. The number of nitrogens with zero attached hydrogens (tertiary/aromatic N) is 1. The van der Waals surface area contributed by atoms with Crippen LogP contribution in [0, 0.1) is 6.92 Å². The molecular weight excluding hydrogens is 256 g/mol. The normalized spacial score (nSPS) is 11.1. The summed E-state index contributed by atoms with van der Waals surface area (Å²) in [5.74, 6) is 0.660.